The van der Waals surface area contributed by atoms with Crippen molar-refractivity contribution in [3.8, 4) is 5.75 Å². The molecule has 7 heteroatoms. The lowest BCUT2D eigenvalue weighted by Gasteiger charge is -2.32. The summed E-state index contributed by atoms with van der Waals surface area (Å²) in [5.74, 6) is 0.373. The van der Waals surface area contributed by atoms with Crippen LogP contribution >= 0.6 is 0 Å². The van der Waals surface area contributed by atoms with Gasteiger partial charge in [-0.3, -0.25) is 9.59 Å². The first-order valence-electron chi connectivity index (χ1n) is 10.3. The maximum absolute atomic E-state index is 12.7. The fourth-order valence-corrected chi connectivity index (χ4v) is 3.69. The summed E-state index contributed by atoms with van der Waals surface area (Å²) in [7, 11) is 0. The second-order valence-electron chi connectivity index (χ2n) is 7.54. The Morgan fingerprint density at radius 2 is 1.74 bits per heavy atom. The minimum absolute atomic E-state index is 0.0387. The number of furan rings is 1. The fourth-order valence-electron chi connectivity index (χ4n) is 3.69. The minimum atomic E-state index is -0.327. The van der Waals surface area contributed by atoms with E-state index in [4.69, 9.17) is 14.9 Å². The van der Waals surface area contributed by atoms with E-state index in [0.717, 1.165) is 37.4 Å². The van der Waals surface area contributed by atoms with Gasteiger partial charge in [-0.15, -0.1) is 0 Å². The molecule has 1 fully saturated rings. The van der Waals surface area contributed by atoms with E-state index in [-0.39, 0.29) is 30.1 Å². The highest BCUT2D eigenvalue weighted by molar-refractivity contribution is 6.03. The van der Waals surface area contributed by atoms with Gasteiger partial charge in [0.25, 0.3) is 5.91 Å². The van der Waals surface area contributed by atoms with Gasteiger partial charge in [0, 0.05) is 35.9 Å². The van der Waals surface area contributed by atoms with Crippen molar-refractivity contribution in [1.82, 2.24) is 0 Å². The number of anilines is 2. The number of primary amides is 1. The number of hydrogen-bond acceptors (Lipinski definition) is 5. The van der Waals surface area contributed by atoms with Crippen LogP contribution in [0.3, 0.4) is 0 Å². The molecule has 2 heterocycles. The van der Waals surface area contributed by atoms with Crippen molar-refractivity contribution in [2.75, 3.05) is 23.3 Å². The van der Waals surface area contributed by atoms with Gasteiger partial charge in [-0.25, -0.2) is 0 Å². The lowest BCUT2D eigenvalue weighted by Crippen LogP contribution is -2.38. The smallest absolute Gasteiger partial charge is 0.291 e. The molecule has 2 amide bonds. The number of benzene rings is 2. The largest absolute Gasteiger partial charge is 0.489 e. The standard InChI is InChI=1S/C24H25N3O4/c25-23(28)17-10-13-27(14-11-17)20-8-6-19(7-9-20)26-24(29)22-18(12-15-30-22)16-31-21-4-2-1-3-5-21/h1-9,12,15,17H,10-11,13-14,16H2,(H2,25,28)(H,26,29). The predicted molar refractivity (Wildman–Crippen MR) is 118 cm³/mol. The van der Waals surface area contributed by atoms with E-state index in [1.54, 1.807) is 6.07 Å². The van der Waals surface area contributed by atoms with Crippen molar-refractivity contribution < 1.29 is 18.7 Å². The van der Waals surface area contributed by atoms with Crippen molar-refractivity contribution in [3.63, 3.8) is 0 Å². The third-order valence-corrected chi connectivity index (χ3v) is 5.48. The Hall–Kier alpha value is -3.74. The van der Waals surface area contributed by atoms with E-state index in [2.05, 4.69) is 10.2 Å². The van der Waals surface area contributed by atoms with Crippen molar-refractivity contribution in [3.05, 3.63) is 78.3 Å². The number of rotatable bonds is 7. The normalized spacial score (nSPS) is 14.3. The molecule has 0 atom stereocenters. The maximum atomic E-state index is 12.7. The summed E-state index contributed by atoms with van der Waals surface area (Å²) < 4.78 is 11.1. The zero-order chi connectivity index (χ0) is 21.6. The van der Waals surface area contributed by atoms with Crippen LogP contribution in [0.15, 0.2) is 71.3 Å². The molecular weight excluding hydrogens is 394 g/mol. The molecule has 0 aliphatic carbocycles. The monoisotopic (exact) mass is 419 g/mol. The number of nitrogens with one attached hydrogen (secondary N) is 1. The van der Waals surface area contributed by atoms with E-state index < -0.39 is 0 Å². The average Bonchev–Trinajstić information content (AvgIpc) is 3.28. The van der Waals surface area contributed by atoms with Crippen LogP contribution in [0.5, 0.6) is 5.75 Å². The van der Waals surface area contributed by atoms with E-state index in [1.807, 2.05) is 54.6 Å². The highest BCUT2D eigenvalue weighted by Gasteiger charge is 2.23. The Morgan fingerprint density at radius 1 is 1.03 bits per heavy atom. The van der Waals surface area contributed by atoms with E-state index in [1.165, 1.54) is 6.26 Å². The number of nitrogens with zero attached hydrogens (tertiary/aromatic N) is 1. The number of nitrogens with two attached hydrogens (primary N) is 1. The molecule has 0 saturated carbocycles. The Labute approximate surface area is 180 Å². The molecule has 3 N–H and O–H groups in total. The molecule has 4 rings (SSSR count). The van der Waals surface area contributed by atoms with Crippen LogP contribution < -0.4 is 20.7 Å². The second-order valence-corrected chi connectivity index (χ2v) is 7.54. The quantitative estimate of drug-likeness (QED) is 0.607. The molecule has 31 heavy (non-hydrogen) atoms. The summed E-state index contributed by atoms with van der Waals surface area (Å²) in [6.45, 7) is 1.82. The van der Waals surface area contributed by atoms with Crippen molar-refractivity contribution in [2.24, 2.45) is 11.7 Å². The summed E-state index contributed by atoms with van der Waals surface area (Å²) >= 11 is 0. The lowest BCUT2D eigenvalue weighted by atomic mass is 9.96. The van der Waals surface area contributed by atoms with Crippen LogP contribution in [0.25, 0.3) is 0 Å². The van der Waals surface area contributed by atoms with Gasteiger partial charge in [0.15, 0.2) is 5.76 Å². The Morgan fingerprint density at radius 3 is 2.42 bits per heavy atom. The predicted octanol–water partition coefficient (Wildman–Crippen LogP) is 3.81. The highest BCUT2D eigenvalue weighted by Crippen LogP contribution is 2.25. The molecule has 0 radical (unpaired) electrons. The van der Waals surface area contributed by atoms with Crippen molar-refractivity contribution in [2.45, 2.75) is 19.4 Å². The Balaban J connectivity index is 1.34. The average molecular weight is 419 g/mol. The lowest BCUT2D eigenvalue weighted by molar-refractivity contribution is -0.122. The SMILES string of the molecule is NC(=O)C1CCN(c2ccc(NC(=O)c3occc3COc3ccccc3)cc2)CC1. The number of para-hydroxylation sites is 1. The van der Waals surface area contributed by atoms with Crippen molar-refractivity contribution >= 4 is 23.2 Å². The van der Waals surface area contributed by atoms with Gasteiger partial charge < -0.3 is 25.1 Å². The first kappa shape index (κ1) is 20.5. The summed E-state index contributed by atoms with van der Waals surface area (Å²) in [6, 6.07) is 18.8. The topological polar surface area (TPSA) is 97.8 Å². The van der Waals surface area contributed by atoms with Gasteiger partial charge in [-0.1, -0.05) is 18.2 Å². The molecule has 1 aliphatic rings. The number of carbonyl (C=O) groups excluding carboxylic acids is 2. The molecule has 7 nitrogen and oxygen atoms in total. The number of carbonyl (C=O) groups is 2. The Kier molecular flexibility index (Phi) is 6.21. The highest BCUT2D eigenvalue weighted by atomic mass is 16.5. The Bertz CT molecular complexity index is 1020. The molecule has 0 bridgehead atoms. The molecule has 0 unspecified atom stereocenters. The van der Waals surface area contributed by atoms with Gasteiger partial charge in [0.1, 0.15) is 12.4 Å². The zero-order valence-electron chi connectivity index (χ0n) is 17.1. The molecule has 1 aliphatic heterocycles. The van der Waals surface area contributed by atoms with Gasteiger partial charge in [-0.05, 0) is 55.3 Å². The summed E-state index contributed by atoms with van der Waals surface area (Å²) in [6.07, 6.45) is 3.01. The van der Waals surface area contributed by atoms with Crippen LogP contribution in [0, 0.1) is 5.92 Å². The molecule has 0 spiro atoms. The number of hydrogen-bond donors (Lipinski definition) is 2. The van der Waals surface area contributed by atoms with Crippen LogP contribution in [0.2, 0.25) is 0 Å². The summed E-state index contributed by atoms with van der Waals surface area (Å²) in [4.78, 5) is 26.2. The molecule has 3 aromatic rings. The first-order valence-corrected chi connectivity index (χ1v) is 10.3. The molecule has 160 valence electrons. The van der Waals surface area contributed by atoms with Crippen LogP contribution in [-0.2, 0) is 11.4 Å². The molecular formula is C24H25N3O4. The van der Waals surface area contributed by atoms with Gasteiger partial charge in [0.2, 0.25) is 5.91 Å². The van der Waals surface area contributed by atoms with Crippen LogP contribution in [0.4, 0.5) is 11.4 Å². The zero-order valence-corrected chi connectivity index (χ0v) is 17.1. The fraction of sp³-hybridized carbons (Fsp3) is 0.250. The van der Waals surface area contributed by atoms with Gasteiger partial charge in [0.05, 0.1) is 6.26 Å². The van der Waals surface area contributed by atoms with Crippen LogP contribution in [0.1, 0.15) is 29.0 Å². The van der Waals surface area contributed by atoms with Crippen molar-refractivity contribution in [1.29, 1.82) is 0 Å². The molecule has 1 saturated heterocycles. The third kappa shape index (κ3) is 5.06. The third-order valence-electron chi connectivity index (χ3n) is 5.48. The summed E-state index contributed by atoms with van der Waals surface area (Å²) in [5, 5.41) is 2.87. The number of ether oxygens (including phenoxy) is 1. The number of amides is 2. The second kappa shape index (κ2) is 9.38. The van der Waals surface area contributed by atoms with Gasteiger partial charge >= 0.3 is 0 Å². The minimum Gasteiger partial charge on any atom is -0.489 e. The maximum Gasteiger partial charge on any atom is 0.291 e. The van der Waals surface area contributed by atoms with Gasteiger partial charge in [-0.2, -0.15) is 0 Å². The van der Waals surface area contributed by atoms with E-state index in [9.17, 15) is 9.59 Å². The molecule has 1 aromatic heterocycles. The van der Waals surface area contributed by atoms with E-state index >= 15 is 0 Å². The first-order chi connectivity index (χ1) is 15.1. The van der Waals surface area contributed by atoms with Crippen LogP contribution in [-0.4, -0.2) is 24.9 Å². The van der Waals surface area contributed by atoms with E-state index in [0.29, 0.717) is 11.3 Å². The molecule has 2 aromatic carbocycles. The number of piperidine rings is 1. The summed E-state index contributed by atoms with van der Waals surface area (Å²) in [5.41, 5.74) is 7.80.